The fourth-order valence-corrected chi connectivity index (χ4v) is 2.01. The Bertz CT molecular complexity index is 529. The molecule has 2 rings (SSSR count). The number of aliphatic hydroxyl groups is 1. The van der Waals surface area contributed by atoms with Gasteiger partial charge in [0.1, 0.15) is 6.10 Å². The molecule has 1 atom stereocenters. The lowest BCUT2D eigenvalue weighted by molar-refractivity contribution is 0.219. The monoisotopic (exact) mass is 226 g/mol. The molecule has 0 aromatic heterocycles. The van der Waals surface area contributed by atoms with E-state index in [1.807, 2.05) is 37.3 Å². The summed E-state index contributed by atoms with van der Waals surface area (Å²) < 4.78 is 0. The summed E-state index contributed by atoms with van der Waals surface area (Å²) in [5.74, 6) is 0. The molecule has 2 aromatic rings. The second-order valence-electron chi connectivity index (χ2n) is 4.60. The van der Waals surface area contributed by atoms with Crippen molar-refractivity contribution in [3.05, 3.63) is 70.3 Å². The molecule has 0 bridgehead atoms. The second-order valence-corrected chi connectivity index (χ2v) is 4.60. The first-order chi connectivity index (χ1) is 8.09. The van der Waals surface area contributed by atoms with Crippen LogP contribution in [0.5, 0.6) is 0 Å². The Morgan fingerprint density at radius 2 is 1.53 bits per heavy atom. The van der Waals surface area contributed by atoms with Gasteiger partial charge in [-0.1, -0.05) is 42.5 Å². The van der Waals surface area contributed by atoms with Gasteiger partial charge in [-0.05, 0) is 48.6 Å². The van der Waals surface area contributed by atoms with Gasteiger partial charge in [0.25, 0.3) is 0 Å². The highest BCUT2D eigenvalue weighted by molar-refractivity contribution is 5.38. The molecule has 1 heteroatoms. The molecular formula is C16H18O. The zero-order valence-corrected chi connectivity index (χ0v) is 10.6. The van der Waals surface area contributed by atoms with E-state index in [1.54, 1.807) is 0 Å². The summed E-state index contributed by atoms with van der Waals surface area (Å²) in [6.45, 7) is 6.18. The van der Waals surface area contributed by atoms with Gasteiger partial charge in [0.15, 0.2) is 0 Å². The maximum atomic E-state index is 10.4. The lowest BCUT2D eigenvalue weighted by Gasteiger charge is -2.15. The van der Waals surface area contributed by atoms with Crippen molar-refractivity contribution in [1.29, 1.82) is 0 Å². The first kappa shape index (κ1) is 11.9. The first-order valence-corrected chi connectivity index (χ1v) is 5.90. The van der Waals surface area contributed by atoms with Gasteiger partial charge in [-0.2, -0.15) is 0 Å². The lowest BCUT2D eigenvalue weighted by atomic mass is 9.95. The van der Waals surface area contributed by atoms with Gasteiger partial charge in [0.2, 0.25) is 0 Å². The van der Waals surface area contributed by atoms with E-state index in [0.29, 0.717) is 0 Å². The third-order valence-corrected chi connectivity index (χ3v) is 3.33. The van der Waals surface area contributed by atoms with Crippen LogP contribution in [0.1, 0.15) is 33.9 Å². The summed E-state index contributed by atoms with van der Waals surface area (Å²) in [4.78, 5) is 0. The number of rotatable bonds is 2. The Labute approximate surface area is 103 Å². The third kappa shape index (κ3) is 2.40. The van der Waals surface area contributed by atoms with Gasteiger partial charge in [-0.3, -0.25) is 0 Å². The summed E-state index contributed by atoms with van der Waals surface area (Å²) in [7, 11) is 0. The van der Waals surface area contributed by atoms with E-state index in [0.717, 1.165) is 16.7 Å². The summed E-state index contributed by atoms with van der Waals surface area (Å²) in [6, 6.07) is 14.1. The molecule has 0 heterocycles. The average Bonchev–Trinajstić information content (AvgIpc) is 2.32. The molecule has 1 N–H and O–H groups in total. The van der Waals surface area contributed by atoms with E-state index in [-0.39, 0.29) is 0 Å². The molecule has 0 unspecified atom stereocenters. The highest BCUT2D eigenvalue weighted by Crippen LogP contribution is 2.25. The molecule has 1 nitrogen and oxygen atoms in total. The number of hydrogen-bond donors (Lipinski definition) is 1. The quantitative estimate of drug-likeness (QED) is 0.828. The second kappa shape index (κ2) is 4.72. The summed E-state index contributed by atoms with van der Waals surface area (Å²) >= 11 is 0. The standard InChI is InChI=1S/C16H18O/c1-11-8-9-14(10-13(11)3)16(17)15-7-5-4-6-12(15)2/h4-10,16-17H,1-3H3/t16-/m0/s1. The van der Waals surface area contributed by atoms with E-state index in [1.165, 1.54) is 11.1 Å². The predicted octanol–water partition coefficient (Wildman–Crippen LogP) is 3.69. The van der Waals surface area contributed by atoms with E-state index in [4.69, 9.17) is 0 Å². The Morgan fingerprint density at radius 3 is 2.18 bits per heavy atom. The summed E-state index contributed by atoms with van der Waals surface area (Å²) in [5.41, 5.74) is 5.54. The van der Waals surface area contributed by atoms with Crippen LogP contribution < -0.4 is 0 Å². The van der Waals surface area contributed by atoms with Crippen molar-refractivity contribution in [2.45, 2.75) is 26.9 Å². The van der Waals surface area contributed by atoms with Crippen LogP contribution in [0.2, 0.25) is 0 Å². The molecule has 0 saturated carbocycles. The molecule has 0 aliphatic rings. The van der Waals surface area contributed by atoms with Crippen LogP contribution >= 0.6 is 0 Å². The summed E-state index contributed by atoms with van der Waals surface area (Å²) in [6.07, 6.45) is -0.532. The van der Waals surface area contributed by atoms with Crippen LogP contribution in [-0.2, 0) is 0 Å². The molecule has 2 aromatic carbocycles. The van der Waals surface area contributed by atoms with E-state index < -0.39 is 6.10 Å². The first-order valence-electron chi connectivity index (χ1n) is 5.90. The van der Waals surface area contributed by atoms with Crippen molar-refractivity contribution in [3.8, 4) is 0 Å². The highest BCUT2D eigenvalue weighted by Gasteiger charge is 2.12. The van der Waals surface area contributed by atoms with Gasteiger partial charge in [0.05, 0.1) is 0 Å². The Hall–Kier alpha value is -1.60. The molecule has 17 heavy (non-hydrogen) atoms. The van der Waals surface area contributed by atoms with Gasteiger partial charge in [0, 0.05) is 0 Å². The SMILES string of the molecule is Cc1ccc([C@H](O)c2ccccc2C)cc1C. The number of benzene rings is 2. The van der Waals surface area contributed by atoms with Crippen LogP contribution in [0, 0.1) is 20.8 Å². The van der Waals surface area contributed by atoms with Crippen molar-refractivity contribution in [2.75, 3.05) is 0 Å². The fraction of sp³-hybridized carbons (Fsp3) is 0.250. The Morgan fingerprint density at radius 1 is 0.824 bits per heavy atom. The van der Waals surface area contributed by atoms with E-state index in [2.05, 4.69) is 26.0 Å². The zero-order valence-electron chi connectivity index (χ0n) is 10.6. The molecule has 0 amide bonds. The van der Waals surface area contributed by atoms with Crippen LogP contribution in [0.4, 0.5) is 0 Å². The van der Waals surface area contributed by atoms with Crippen LogP contribution in [-0.4, -0.2) is 5.11 Å². The molecule has 0 radical (unpaired) electrons. The number of aliphatic hydroxyl groups excluding tert-OH is 1. The van der Waals surface area contributed by atoms with Crippen LogP contribution in [0.25, 0.3) is 0 Å². The maximum Gasteiger partial charge on any atom is 0.104 e. The van der Waals surface area contributed by atoms with Crippen LogP contribution in [0.15, 0.2) is 42.5 Å². The zero-order chi connectivity index (χ0) is 12.4. The number of hydrogen-bond acceptors (Lipinski definition) is 1. The van der Waals surface area contributed by atoms with Crippen molar-refractivity contribution in [2.24, 2.45) is 0 Å². The minimum absolute atomic E-state index is 0.532. The van der Waals surface area contributed by atoms with Crippen molar-refractivity contribution in [1.82, 2.24) is 0 Å². The Balaban J connectivity index is 2.40. The minimum atomic E-state index is -0.532. The fourth-order valence-electron chi connectivity index (χ4n) is 2.01. The topological polar surface area (TPSA) is 20.2 Å². The third-order valence-electron chi connectivity index (χ3n) is 3.33. The lowest BCUT2D eigenvalue weighted by Crippen LogP contribution is -2.02. The summed E-state index contributed by atoms with van der Waals surface area (Å²) in [5, 5.41) is 10.4. The van der Waals surface area contributed by atoms with Gasteiger partial charge in [-0.25, -0.2) is 0 Å². The van der Waals surface area contributed by atoms with Crippen molar-refractivity contribution >= 4 is 0 Å². The van der Waals surface area contributed by atoms with E-state index in [9.17, 15) is 5.11 Å². The molecule has 0 aliphatic heterocycles. The number of aryl methyl sites for hydroxylation is 3. The minimum Gasteiger partial charge on any atom is -0.384 e. The normalized spacial score (nSPS) is 12.5. The van der Waals surface area contributed by atoms with Gasteiger partial charge in [-0.15, -0.1) is 0 Å². The molecule has 0 spiro atoms. The smallest absolute Gasteiger partial charge is 0.104 e. The van der Waals surface area contributed by atoms with Crippen LogP contribution in [0.3, 0.4) is 0 Å². The van der Waals surface area contributed by atoms with Gasteiger partial charge >= 0.3 is 0 Å². The Kier molecular flexibility index (Phi) is 3.30. The average molecular weight is 226 g/mol. The van der Waals surface area contributed by atoms with Gasteiger partial charge < -0.3 is 5.11 Å². The largest absolute Gasteiger partial charge is 0.384 e. The molecule has 0 fully saturated rings. The molecule has 0 aliphatic carbocycles. The molecular weight excluding hydrogens is 208 g/mol. The van der Waals surface area contributed by atoms with E-state index >= 15 is 0 Å². The predicted molar refractivity (Wildman–Crippen MR) is 71.2 cm³/mol. The maximum absolute atomic E-state index is 10.4. The molecule has 88 valence electrons. The van der Waals surface area contributed by atoms with Crippen molar-refractivity contribution in [3.63, 3.8) is 0 Å². The highest BCUT2D eigenvalue weighted by atomic mass is 16.3. The van der Waals surface area contributed by atoms with Crippen molar-refractivity contribution < 1.29 is 5.11 Å². The molecule has 0 saturated heterocycles.